The van der Waals surface area contributed by atoms with Crippen LogP contribution in [0, 0.1) is 11.3 Å². The molecular weight excluding hydrogens is 214 g/mol. The predicted molar refractivity (Wildman–Crippen MR) is 66.7 cm³/mol. The largest absolute Gasteiger partial charge is 0.352 e. The van der Waals surface area contributed by atoms with Gasteiger partial charge < -0.3 is 10.2 Å². The number of benzene rings is 1. The smallest absolute Gasteiger partial charge is 0.251 e. The molecule has 0 unspecified atom stereocenters. The third-order valence-corrected chi connectivity index (χ3v) is 2.34. The van der Waals surface area contributed by atoms with Crippen molar-refractivity contribution in [3.05, 3.63) is 35.4 Å². The average Bonchev–Trinajstić information content (AvgIpc) is 2.34. The van der Waals surface area contributed by atoms with Gasteiger partial charge in [0.05, 0.1) is 11.6 Å². The third kappa shape index (κ3) is 4.66. The fraction of sp³-hybridized carbons (Fsp3) is 0.385. The van der Waals surface area contributed by atoms with E-state index in [2.05, 4.69) is 10.2 Å². The minimum Gasteiger partial charge on any atom is -0.352 e. The zero-order valence-electron chi connectivity index (χ0n) is 10.2. The molecule has 0 radical (unpaired) electrons. The first-order valence-corrected chi connectivity index (χ1v) is 5.56. The molecule has 0 aliphatic heterocycles. The number of rotatable bonds is 5. The van der Waals surface area contributed by atoms with Crippen molar-refractivity contribution in [3.8, 4) is 6.07 Å². The highest BCUT2D eigenvalue weighted by Crippen LogP contribution is 2.02. The van der Waals surface area contributed by atoms with Crippen LogP contribution in [0.15, 0.2) is 24.3 Å². The summed E-state index contributed by atoms with van der Waals surface area (Å²) in [6, 6.07) is 8.65. The molecule has 0 saturated carbocycles. The van der Waals surface area contributed by atoms with Gasteiger partial charge in [0.1, 0.15) is 0 Å². The minimum atomic E-state index is -0.0896. The molecular formula is C13H17N3O. The van der Waals surface area contributed by atoms with E-state index in [1.54, 1.807) is 24.3 Å². The van der Waals surface area contributed by atoms with Crippen molar-refractivity contribution in [2.24, 2.45) is 0 Å². The van der Waals surface area contributed by atoms with Crippen molar-refractivity contribution in [2.45, 2.75) is 6.42 Å². The van der Waals surface area contributed by atoms with Crippen LogP contribution in [0.2, 0.25) is 0 Å². The third-order valence-electron chi connectivity index (χ3n) is 2.34. The Morgan fingerprint density at radius 2 is 2.00 bits per heavy atom. The molecule has 1 rings (SSSR count). The van der Waals surface area contributed by atoms with Crippen molar-refractivity contribution in [1.29, 1.82) is 5.26 Å². The topological polar surface area (TPSA) is 56.1 Å². The van der Waals surface area contributed by atoms with Crippen LogP contribution in [0.5, 0.6) is 0 Å². The molecule has 0 aliphatic rings. The minimum absolute atomic E-state index is 0.0896. The quantitative estimate of drug-likeness (QED) is 0.776. The molecule has 0 saturated heterocycles. The van der Waals surface area contributed by atoms with Gasteiger partial charge in [-0.3, -0.25) is 4.79 Å². The Hall–Kier alpha value is -1.86. The van der Waals surface area contributed by atoms with E-state index >= 15 is 0 Å². The molecule has 17 heavy (non-hydrogen) atoms. The highest BCUT2D eigenvalue weighted by atomic mass is 16.1. The molecule has 0 atom stereocenters. The van der Waals surface area contributed by atoms with Crippen LogP contribution in [0.3, 0.4) is 0 Å². The molecule has 1 aromatic carbocycles. The lowest BCUT2D eigenvalue weighted by atomic mass is 10.1. The summed E-state index contributed by atoms with van der Waals surface area (Å²) in [5.41, 5.74) is 1.16. The maximum Gasteiger partial charge on any atom is 0.251 e. The lowest BCUT2D eigenvalue weighted by Gasteiger charge is -2.09. The van der Waals surface area contributed by atoms with Crippen molar-refractivity contribution >= 4 is 5.91 Å². The SMILES string of the molecule is CN(C)CCCNC(=O)c1ccc(C#N)cc1. The molecule has 90 valence electrons. The predicted octanol–water partition coefficient (Wildman–Crippen LogP) is 1.24. The van der Waals surface area contributed by atoms with Crippen LogP contribution in [-0.2, 0) is 0 Å². The molecule has 1 amide bonds. The average molecular weight is 231 g/mol. The molecule has 0 fully saturated rings. The van der Waals surface area contributed by atoms with E-state index in [1.165, 1.54) is 0 Å². The molecule has 0 aromatic heterocycles. The molecule has 0 heterocycles. The molecule has 1 N–H and O–H groups in total. The van der Waals surface area contributed by atoms with E-state index in [4.69, 9.17) is 5.26 Å². The van der Waals surface area contributed by atoms with Crippen molar-refractivity contribution in [2.75, 3.05) is 27.2 Å². The van der Waals surface area contributed by atoms with Gasteiger partial charge in [-0.1, -0.05) is 0 Å². The lowest BCUT2D eigenvalue weighted by molar-refractivity contribution is 0.0952. The van der Waals surface area contributed by atoms with Crippen LogP contribution in [0.25, 0.3) is 0 Å². The number of nitrogens with zero attached hydrogens (tertiary/aromatic N) is 2. The Bertz CT molecular complexity index is 404. The van der Waals surface area contributed by atoms with Gasteiger partial charge in [0.15, 0.2) is 0 Å². The molecule has 4 heteroatoms. The van der Waals surface area contributed by atoms with E-state index in [0.717, 1.165) is 13.0 Å². The van der Waals surface area contributed by atoms with Gasteiger partial charge in [0.2, 0.25) is 0 Å². The van der Waals surface area contributed by atoms with Gasteiger partial charge >= 0.3 is 0 Å². The summed E-state index contributed by atoms with van der Waals surface area (Å²) in [7, 11) is 4.00. The van der Waals surface area contributed by atoms with Crippen molar-refractivity contribution in [3.63, 3.8) is 0 Å². The number of amides is 1. The molecule has 4 nitrogen and oxygen atoms in total. The first kappa shape index (κ1) is 13.2. The Balaban J connectivity index is 2.39. The zero-order chi connectivity index (χ0) is 12.7. The summed E-state index contributed by atoms with van der Waals surface area (Å²) >= 11 is 0. The summed E-state index contributed by atoms with van der Waals surface area (Å²) in [6.07, 6.45) is 0.926. The maximum atomic E-state index is 11.7. The van der Waals surface area contributed by atoms with Gasteiger partial charge in [-0.15, -0.1) is 0 Å². The number of nitriles is 1. The highest BCUT2D eigenvalue weighted by molar-refractivity contribution is 5.94. The molecule has 0 spiro atoms. The molecule has 0 aliphatic carbocycles. The monoisotopic (exact) mass is 231 g/mol. The Morgan fingerprint density at radius 1 is 1.35 bits per heavy atom. The van der Waals surface area contributed by atoms with Crippen LogP contribution >= 0.6 is 0 Å². The van der Waals surface area contributed by atoms with E-state index in [1.807, 2.05) is 20.2 Å². The van der Waals surface area contributed by atoms with Crippen molar-refractivity contribution < 1.29 is 4.79 Å². The van der Waals surface area contributed by atoms with Gasteiger partial charge in [0, 0.05) is 12.1 Å². The Morgan fingerprint density at radius 3 is 2.53 bits per heavy atom. The number of carbonyl (C=O) groups excluding carboxylic acids is 1. The summed E-state index contributed by atoms with van der Waals surface area (Å²) < 4.78 is 0. The highest BCUT2D eigenvalue weighted by Gasteiger charge is 2.04. The second kappa shape index (κ2) is 6.66. The van der Waals surface area contributed by atoms with Gasteiger partial charge in [-0.25, -0.2) is 0 Å². The van der Waals surface area contributed by atoms with E-state index < -0.39 is 0 Å². The maximum absolute atomic E-state index is 11.7. The van der Waals surface area contributed by atoms with Crippen LogP contribution in [-0.4, -0.2) is 38.0 Å². The van der Waals surface area contributed by atoms with E-state index in [9.17, 15) is 4.79 Å². The second-order valence-electron chi connectivity index (χ2n) is 4.10. The fourth-order valence-corrected chi connectivity index (χ4v) is 1.40. The van der Waals surface area contributed by atoms with Gasteiger partial charge in [-0.05, 0) is 51.3 Å². The number of carbonyl (C=O) groups is 1. The van der Waals surface area contributed by atoms with Gasteiger partial charge in [0.25, 0.3) is 5.91 Å². The summed E-state index contributed by atoms with van der Waals surface area (Å²) in [5, 5.41) is 11.5. The van der Waals surface area contributed by atoms with E-state index in [0.29, 0.717) is 17.7 Å². The summed E-state index contributed by atoms with van der Waals surface area (Å²) in [5.74, 6) is -0.0896. The number of hydrogen-bond donors (Lipinski definition) is 1. The normalized spacial score (nSPS) is 10.0. The van der Waals surface area contributed by atoms with Crippen LogP contribution < -0.4 is 5.32 Å². The van der Waals surface area contributed by atoms with Gasteiger partial charge in [-0.2, -0.15) is 5.26 Å². The number of hydrogen-bond acceptors (Lipinski definition) is 3. The van der Waals surface area contributed by atoms with Crippen LogP contribution in [0.1, 0.15) is 22.3 Å². The fourth-order valence-electron chi connectivity index (χ4n) is 1.40. The van der Waals surface area contributed by atoms with Crippen molar-refractivity contribution in [1.82, 2.24) is 10.2 Å². The standard InChI is InChI=1S/C13H17N3O/c1-16(2)9-3-8-15-13(17)12-6-4-11(10-14)5-7-12/h4-7H,3,8-9H2,1-2H3,(H,15,17). The Labute approximate surface area is 102 Å². The van der Waals surface area contributed by atoms with Crippen LogP contribution in [0.4, 0.5) is 0 Å². The van der Waals surface area contributed by atoms with E-state index in [-0.39, 0.29) is 5.91 Å². The zero-order valence-corrected chi connectivity index (χ0v) is 10.2. The lowest BCUT2D eigenvalue weighted by Crippen LogP contribution is -2.27. The first-order valence-electron chi connectivity index (χ1n) is 5.56. The summed E-state index contributed by atoms with van der Waals surface area (Å²) in [4.78, 5) is 13.8. The first-order chi connectivity index (χ1) is 8.13. The summed E-state index contributed by atoms with van der Waals surface area (Å²) in [6.45, 7) is 1.62. The second-order valence-corrected chi connectivity index (χ2v) is 4.10. The Kier molecular flexibility index (Phi) is 5.18. The molecule has 1 aromatic rings. The molecule has 0 bridgehead atoms. The number of nitrogens with one attached hydrogen (secondary N) is 1.